The third-order valence-corrected chi connectivity index (χ3v) is 4.86. The lowest BCUT2D eigenvalue weighted by Crippen LogP contribution is -1.94. The Morgan fingerprint density at radius 3 is 0.885 bits per heavy atom. The largest absolute Gasteiger partial charge is 0.0985 e. The van der Waals surface area contributed by atoms with Crippen molar-refractivity contribution in [3.05, 3.63) is 119 Å². The molecule has 0 aromatic heterocycles. The Labute approximate surface area is 157 Å². The molecule has 0 saturated heterocycles. The predicted molar refractivity (Wildman–Crippen MR) is 114 cm³/mol. The molecule has 0 amide bonds. The van der Waals surface area contributed by atoms with Gasteiger partial charge in [0.2, 0.25) is 0 Å². The standard InChI is InChI=1S/C26H26/c1-3-21-5-9-23(10-6-21)13-15-25-17-19-26(20-18-25)16-14-24-11-7-22(4-2)8-12-24/h3-12,17-20H,1-2,13-16H2. The van der Waals surface area contributed by atoms with Crippen LogP contribution in [-0.4, -0.2) is 0 Å². The molecule has 0 bridgehead atoms. The quantitative estimate of drug-likeness (QED) is 0.437. The van der Waals surface area contributed by atoms with Crippen LogP contribution in [0.5, 0.6) is 0 Å². The number of aryl methyl sites for hydroxylation is 4. The van der Waals surface area contributed by atoms with Crippen molar-refractivity contribution in [3.8, 4) is 0 Å². The summed E-state index contributed by atoms with van der Waals surface area (Å²) in [6.45, 7) is 7.60. The topological polar surface area (TPSA) is 0 Å². The minimum atomic E-state index is 1.08. The molecule has 0 heteroatoms. The van der Waals surface area contributed by atoms with E-state index >= 15 is 0 Å². The maximum atomic E-state index is 3.80. The van der Waals surface area contributed by atoms with Gasteiger partial charge in [0, 0.05) is 0 Å². The Morgan fingerprint density at radius 2 is 0.654 bits per heavy atom. The Balaban J connectivity index is 1.50. The van der Waals surface area contributed by atoms with Gasteiger partial charge in [-0.1, -0.05) is 98.1 Å². The van der Waals surface area contributed by atoms with Crippen LogP contribution < -0.4 is 0 Å². The van der Waals surface area contributed by atoms with Crippen molar-refractivity contribution < 1.29 is 0 Å². The van der Waals surface area contributed by atoms with Gasteiger partial charge in [0.15, 0.2) is 0 Å². The zero-order valence-corrected chi connectivity index (χ0v) is 15.3. The van der Waals surface area contributed by atoms with Crippen molar-refractivity contribution in [2.75, 3.05) is 0 Å². The minimum absolute atomic E-state index is 1.08. The van der Waals surface area contributed by atoms with E-state index in [9.17, 15) is 0 Å². The smallest absolute Gasteiger partial charge is 0.0238 e. The van der Waals surface area contributed by atoms with Crippen molar-refractivity contribution in [2.24, 2.45) is 0 Å². The van der Waals surface area contributed by atoms with Gasteiger partial charge in [-0.15, -0.1) is 0 Å². The maximum Gasteiger partial charge on any atom is -0.0238 e. The van der Waals surface area contributed by atoms with Gasteiger partial charge in [0.05, 0.1) is 0 Å². The highest BCUT2D eigenvalue weighted by Gasteiger charge is 1.99. The van der Waals surface area contributed by atoms with Crippen LogP contribution in [0.25, 0.3) is 12.2 Å². The van der Waals surface area contributed by atoms with Gasteiger partial charge in [0.25, 0.3) is 0 Å². The van der Waals surface area contributed by atoms with Gasteiger partial charge in [-0.2, -0.15) is 0 Å². The van der Waals surface area contributed by atoms with Crippen molar-refractivity contribution in [1.29, 1.82) is 0 Å². The van der Waals surface area contributed by atoms with Crippen LogP contribution >= 0.6 is 0 Å². The minimum Gasteiger partial charge on any atom is -0.0985 e. The van der Waals surface area contributed by atoms with Gasteiger partial charge in [0.1, 0.15) is 0 Å². The van der Waals surface area contributed by atoms with E-state index in [1.165, 1.54) is 33.4 Å². The third-order valence-electron chi connectivity index (χ3n) is 4.86. The first-order chi connectivity index (χ1) is 12.8. The molecule has 0 nitrogen and oxygen atoms in total. The summed E-state index contributed by atoms with van der Waals surface area (Å²) >= 11 is 0. The second-order valence-corrected chi connectivity index (χ2v) is 6.71. The summed E-state index contributed by atoms with van der Waals surface area (Å²) in [7, 11) is 0. The molecule has 0 radical (unpaired) electrons. The van der Waals surface area contributed by atoms with Gasteiger partial charge >= 0.3 is 0 Å². The van der Waals surface area contributed by atoms with Crippen LogP contribution in [0, 0.1) is 0 Å². The molecule has 3 aromatic carbocycles. The van der Waals surface area contributed by atoms with E-state index in [-0.39, 0.29) is 0 Å². The van der Waals surface area contributed by atoms with Crippen molar-refractivity contribution >= 4 is 12.2 Å². The maximum absolute atomic E-state index is 3.80. The van der Waals surface area contributed by atoms with Crippen molar-refractivity contribution in [3.63, 3.8) is 0 Å². The van der Waals surface area contributed by atoms with E-state index in [0.717, 1.165) is 25.7 Å². The Bertz CT molecular complexity index is 760. The fourth-order valence-corrected chi connectivity index (χ4v) is 3.09. The van der Waals surface area contributed by atoms with Crippen LogP contribution in [0.15, 0.2) is 86.0 Å². The number of hydrogen-bond acceptors (Lipinski definition) is 0. The molecule has 0 spiro atoms. The molecule has 0 unspecified atom stereocenters. The predicted octanol–water partition coefficient (Wildman–Crippen LogP) is 6.54. The number of rotatable bonds is 8. The number of benzene rings is 3. The molecule has 3 aromatic rings. The van der Waals surface area contributed by atoms with E-state index in [4.69, 9.17) is 0 Å². The van der Waals surface area contributed by atoms with Crippen molar-refractivity contribution in [1.82, 2.24) is 0 Å². The highest BCUT2D eigenvalue weighted by molar-refractivity contribution is 5.48. The lowest BCUT2D eigenvalue weighted by molar-refractivity contribution is 0.940. The van der Waals surface area contributed by atoms with E-state index in [0.29, 0.717) is 0 Å². The fraction of sp³-hybridized carbons (Fsp3) is 0.154. The molecule has 0 fully saturated rings. The molecule has 0 aliphatic carbocycles. The molecule has 0 saturated carbocycles. The van der Waals surface area contributed by atoms with E-state index in [1.54, 1.807) is 0 Å². The van der Waals surface area contributed by atoms with Crippen LogP contribution in [0.1, 0.15) is 33.4 Å². The Kier molecular flexibility index (Phi) is 6.22. The molecule has 0 atom stereocenters. The molecular formula is C26H26. The summed E-state index contributed by atoms with van der Waals surface area (Å²) in [5.41, 5.74) is 7.91. The summed E-state index contributed by atoms with van der Waals surface area (Å²) < 4.78 is 0. The lowest BCUT2D eigenvalue weighted by atomic mass is 9.99. The first-order valence-corrected chi connectivity index (χ1v) is 9.27. The lowest BCUT2D eigenvalue weighted by Gasteiger charge is -2.06. The highest BCUT2D eigenvalue weighted by atomic mass is 14.0. The molecular weight excluding hydrogens is 312 g/mol. The molecule has 0 aliphatic heterocycles. The second kappa shape index (κ2) is 9.01. The van der Waals surface area contributed by atoms with Crippen LogP contribution in [0.3, 0.4) is 0 Å². The number of hydrogen-bond donors (Lipinski definition) is 0. The normalized spacial score (nSPS) is 10.5. The summed E-state index contributed by atoms with van der Waals surface area (Å²) in [4.78, 5) is 0. The molecule has 0 aliphatic rings. The van der Waals surface area contributed by atoms with Gasteiger partial charge in [-0.3, -0.25) is 0 Å². The summed E-state index contributed by atoms with van der Waals surface area (Å²) in [6, 6.07) is 26.4. The highest BCUT2D eigenvalue weighted by Crippen LogP contribution is 2.13. The average Bonchev–Trinajstić information content (AvgIpc) is 2.72. The Morgan fingerprint density at radius 1 is 0.423 bits per heavy atom. The zero-order chi connectivity index (χ0) is 18.2. The molecule has 0 N–H and O–H groups in total. The second-order valence-electron chi connectivity index (χ2n) is 6.71. The van der Waals surface area contributed by atoms with Crippen LogP contribution in [0.2, 0.25) is 0 Å². The monoisotopic (exact) mass is 338 g/mol. The summed E-state index contributed by atoms with van der Waals surface area (Å²) in [6.07, 6.45) is 8.08. The first-order valence-electron chi connectivity index (χ1n) is 9.27. The third kappa shape index (κ3) is 5.07. The molecule has 0 heterocycles. The van der Waals surface area contributed by atoms with E-state index < -0.39 is 0 Å². The van der Waals surface area contributed by atoms with Gasteiger partial charge in [-0.05, 0) is 59.1 Å². The van der Waals surface area contributed by atoms with Crippen LogP contribution in [-0.2, 0) is 25.7 Å². The first kappa shape index (κ1) is 17.9. The van der Waals surface area contributed by atoms with E-state index in [1.807, 2.05) is 12.2 Å². The summed E-state index contributed by atoms with van der Waals surface area (Å²) in [5.74, 6) is 0. The van der Waals surface area contributed by atoms with Crippen molar-refractivity contribution in [2.45, 2.75) is 25.7 Å². The SMILES string of the molecule is C=Cc1ccc(CCc2ccc(CCc3ccc(C=C)cc3)cc2)cc1. The average molecular weight is 338 g/mol. The Hall–Kier alpha value is -2.86. The molecule has 26 heavy (non-hydrogen) atoms. The van der Waals surface area contributed by atoms with E-state index in [2.05, 4.69) is 86.0 Å². The zero-order valence-electron chi connectivity index (χ0n) is 15.3. The van der Waals surface area contributed by atoms with Gasteiger partial charge in [-0.25, -0.2) is 0 Å². The molecule has 130 valence electrons. The van der Waals surface area contributed by atoms with Crippen LogP contribution in [0.4, 0.5) is 0 Å². The fourth-order valence-electron chi connectivity index (χ4n) is 3.09. The van der Waals surface area contributed by atoms with Gasteiger partial charge < -0.3 is 0 Å². The molecule has 3 rings (SSSR count). The summed E-state index contributed by atoms with van der Waals surface area (Å²) in [5, 5.41) is 0.